The van der Waals surface area contributed by atoms with Gasteiger partial charge in [0.2, 0.25) is 0 Å². The Kier molecular flexibility index (Phi) is 3.71. The number of esters is 1. The normalized spacial score (nSPS) is 10.7. The number of rotatable bonds is 2. The van der Waals surface area contributed by atoms with Gasteiger partial charge in [-0.3, -0.25) is 9.59 Å². The van der Waals surface area contributed by atoms with Crippen LogP contribution >= 0.6 is 11.6 Å². The van der Waals surface area contributed by atoms with Gasteiger partial charge in [-0.1, -0.05) is 11.6 Å². The maximum Gasteiger partial charge on any atom is 0.307 e. The lowest BCUT2D eigenvalue weighted by Gasteiger charge is -1.88. The van der Waals surface area contributed by atoms with E-state index in [9.17, 15) is 9.59 Å². The third-order valence-corrected chi connectivity index (χ3v) is 0.628. The standard InChI is InChI=1S/C5H5ClO3/c1-4(8)9-3-5(6)2-7/h2-3H,1H3/b5-3+. The Morgan fingerprint density at radius 2 is 2.22 bits per heavy atom. The van der Waals surface area contributed by atoms with E-state index in [1.807, 2.05) is 0 Å². The summed E-state index contributed by atoms with van der Waals surface area (Å²) in [5.74, 6) is -0.505. The van der Waals surface area contributed by atoms with Gasteiger partial charge in [0.25, 0.3) is 0 Å². The molecule has 0 bridgehead atoms. The van der Waals surface area contributed by atoms with E-state index in [0.717, 1.165) is 6.26 Å². The van der Waals surface area contributed by atoms with E-state index in [1.165, 1.54) is 6.92 Å². The van der Waals surface area contributed by atoms with Crippen molar-refractivity contribution in [2.24, 2.45) is 0 Å². The molecule has 0 aliphatic heterocycles. The number of carbonyl (C=O) groups is 2. The van der Waals surface area contributed by atoms with Crippen LogP contribution in [0, 0.1) is 0 Å². The van der Waals surface area contributed by atoms with Crippen molar-refractivity contribution in [2.75, 3.05) is 0 Å². The zero-order valence-corrected chi connectivity index (χ0v) is 5.51. The minimum Gasteiger partial charge on any atom is -0.433 e. The lowest BCUT2D eigenvalue weighted by Crippen LogP contribution is -1.90. The summed E-state index contributed by atoms with van der Waals surface area (Å²) in [7, 11) is 0. The van der Waals surface area contributed by atoms with E-state index in [0.29, 0.717) is 6.29 Å². The number of carbonyl (C=O) groups excluding carboxylic acids is 2. The first-order valence-electron chi connectivity index (χ1n) is 2.15. The second-order valence-electron chi connectivity index (χ2n) is 1.23. The third-order valence-electron chi connectivity index (χ3n) is 0.450. The van der Waals surface area contributed by atoms with Crippen molar-refractivity contribution >= 4 is 23.9 Å². The molecule has 0 saturated carbocycles. The summed E-state index contributed by atoms with van der Waals surface area (Å²) in [5, 5.41) is -0.134. The van der Waals surface area contributed by atoms with Gasteiger partial charge in [-0.15, -0.1) is 0 Å². The zero-order chi connectivity index (χ0) is 7.28. The van der Waals surface area contributed by atoms with Crippen LogP contribution in [0.2, 0.25) is 0 Å². The number of aldehydes is 1. The predicted molar refractivity (Wildman–Crippen MR) is 31.8 cm³/mol. The van der Waals surface area contributed by atoms with Crippen LogP contribution < -0.4 is 0 Å². The summed E-state index contributed by atoms with van der Waals surface area (Å²) in [6, 6.07) is 0. The second-order valence-corrected chi connectivity index (χ2v) is 1.67. The van der Waals surface area contributed by atoms with E-state index < -0.39 is 5.97 Å². The van der Waals surface area contributed by atoms with Gasteiger partial charge < -0.3 is 4.74 Å². The van der Waals surface area contributed by atoms with Crippen LogP contribution in [0.15, 0.2) is 11.3 Å². The number of ether oxygens (including phenoxy) is 1. The van der Waals surface area contributed by atoms with Crippen molar-refractivity contribution in [3.63, 3.8) is 0 Å². The Labute approximate surface area is 57.2 Å². The molecule has 9 heavy (non-hydrogen) atoms. The number of hydrogen-bond acceptors (Lipinski definition) is 3. The molecule has 3 nitrogen and oxygen atoms in total. The molecular weight excluding hydrogens is 144 g/mol. The summed E-state index contributed by atoms with van der Waals surface area (Å²) >= 11 is 5.13. The quantitative estimate of drug-likeness (QED) is 0.252. The van der Waals surface area contributed by atoms with Crippen LogP contribution in [0.5, 0.6) is 0 Å². The Bertz CT molecular complexity index is 150. The van der Waals surface area contributed by atoms with Crippen LogP contribution in [0.3, 0.4) is 0 Å². The van der Waals surface area contributed by atoms with Crippen LogP contribution in [0.4, 0.5) is 0 Å². The summed E-state index contributed by atoms with van der Waals surface area (Å²) in [4.78, 5) is 19.7. The molecule has 0 aromatic rings. The highest BCUT2D eigenvalue weighted by Gasteiger charge is 1.89. The maximum atomic E-state index is 10.0. The molecule has 50 valence electrons. The molecule has 4 heteroatoms. The van der Waals surface area contributed by atoms with E-state index in [2.05, 4.69) is 4.74 Å². The van der Waals surface area contributed by atoms with Crippen molar-refractivity contribution in [1.29, 1.82) is 0 Å². The molecular formula is C5H5ClO3. The fourth-order valence-corrected chi connectivity index (χ4v) is 0.212. The fraction of sp³-hybridized carbons (Fsp3) is 0.200. The predicted octanol–water partition coefficient (Wildman–Crippen LogP) is 0.829. The smallest absolute Gasteiger partial charge is 0.307 e. The topological polar surface area (TPSA) is 43.4 Å². The monoisotopic (exact) mass is 148 g/mol. The highest BCUT2D eigenvalue weighted by atomic mass is 35.5. The molecule has 0 aliphatic carbocycles. The van der Waals surface area contributed by atoms with E-state index in [4.69, 9.17) is 11.6 Å². The first-order valence-corrected chi connectivity index (χ1v) is 2.52. The molecule has 0 saturated heterocycles. The second kappa shape index (κ2) is 4.09. The fourth-order valence-electron chi connectivity index (χ4n) is 0.167. The molecule has 0 aromatic heterocycles. The molecule has 0 aromatic carbocycles. The minimum absolute atomic E-state index is 0.134. The highest BCUT2D eigenvalue weighted by molar-refractivity contribution is 6.38. The third kappa shape index (κ3) is 5.03. The molecule has 0 spiro atoms. The molecule has 0 aliphatic rings. The molecule has 0 unspecified atom stereocenters. The Morgan fingerprint density at radius 3 is 2.56 bits per heavy atom. The summed E-state index contributed by atoms with van der Waals surface area (Å²) in [5.41, 5.74) is 0. The zero-order valence-electron chi connectivity index (χ0n) is 4.76. The SMILES string of the molecule is CC(=O)O/C=C(/Cl)C=O. The number of halogens is 1. The average Bonchev–Trinajstić information content (AvgIpc) is 1.83. The van der Waals surface area contributed by atoms with Crippen molar-refractivity contribution < 1.29 is 14.3 Å². The van der Waals surface area contributed by atoms with Crippen LogP contribution in [-0.4, -0.2) is 12.3 Å². The Hall–Kier alpha value is -0.830. The van der Waals surface area contributed by atoms with E-state index in [1.54, 1.807) is 0 Å². The van der Waals surface area contributed by atoms with Crippen molar-refractivity contribution in [2.45, 2.75) is 6.92 Å². The molecule has 0 atom stereocenters. The van der Waals surface area contributed by atoms with Crippen molar-refractivity contribution in [3.8, 4) is 0 Å². The van der Waals surface area contributed by atoms with Crippen LogP contribution in [0.1, 0.15) is 6.92 Å². The molecule has 0 rings (SSSR count). The summed E-state index contributed by atoms with van der Waals surface area (Å²) in [6.07, 6.45) is 1.27. The van der Waals surface area contributed by atoms with Gasteiger partial charge in [-0.2, -0.15) is 0 Å². The van der Waals surface area contributed by atoms with Gasteiger partial charge in [0, 0.05) is 6.92 Å². The van der Waals surface area contributed by atoms with Gasteiger partial charge in [0.1, 0.15) is 11.3 Å². The van der Waals surface area contributed by atoms with Gasteiger partial charge in [-0.25, -0.2) is 0 Å². The van der Waals surface area contributed by atoms with Crippen LogP contribution in [-0.2, 0) is 14.3 Å². The van der Waals surface area contributed by atoms with E-state index in [-0.39, 0.29) is 5.03 Å². The lowest BCUT2D eigenvalue weighted by atomic mass is 10.7. The summed E-state index contributed by atoms with van der Waals surface area (Å²) in [6.45, 7) is 1.21. The molecule has 0 radical (unpaired) electrons. The Morgan fingerprint density at radius 1 is 1.67 bits per heavy atom. The van der Waals surface area contributed by atoms with E-state index >= 15 is 0 Å². The summed E-state index contributed by atoms with van der Waals surface area (Å²) < 4.78 is 4.23. The Balaban J connectivity index is 3.69. The van der Waals surface area contributed by atoms with Gasteiger partial charge in [0.15, 0.2) is 6.29 Å². The van der Waals surface area contributed by atoms with Crippen molar-refractivity contribution in [3.05, 3.63) is 11.3 Å². The van der Waals surface area contributed by atoms with Gasteiger partial charge in [0.05, 0.1) is 0 Å². The number of hydrogen-bond donors (Lipinski definition) is 0. The van der Waals surface area contributed by atoms with Crippen LogP contribution in [0.25, 0.3) is 0 Å². The molecule has 0 amide bonds. The average molecular weight is 149 g/mol. The lowest BCUT2D eigenvalue weighted by molar-refractivity contribution is -0.135. The first-order chi connectivity index (χ1) is 4.16. The highest BCUT2D eigenvalue weighted by Crippen LogP contribution is 1.95. The molecule has 0 heterocycles. The maximum absolute atomic E-state index is 10.0. The van der Waals surface area contributed by atoms with Crippen molar-refractivity contribution in [1.82, 2.24) is 0 Å². The van der Waals surface area contributed by atoms with Gasteiger partial charge in [-0.05, 0) is 0 Å². The minimum atomic E-state index is -0.505. The largest absolute Gasteiger partial charge is 0.433 e. The van der Waals surface area contributed by atoms with Gasteiger partial charge >= 0.3 is 5.97 Å². The molecule has 0 fully saturated rings. The molecule has 0 N–H and O–H groups in total. The number of allylic oxidation sites excluding steroid dienone is 1. The first kappa shape index (κ1) is 8.17.